The van der Waals surface area contributed by atoms with Crippen LogP contribution in [0.3, 0.4) is 0 Å². The minimum absolute atomic E-state index is 0.0900. The van der Waals surface area contributed by atoms with Crippen molar-refractivity contribution in [3.63, 3.8) is 0 Å². The number of anilines is 1. The number of piperidine rings is 1. The van der Waals surface area contributed by atoms with Crippen molar-refractivity contribution in [2.75, 3.05) is 24.5 Å². The van der Waals surface area contributed by atoms with Crippen LogP contribution >= 0.6 is 11.6 Å². The van der Waals surface area contributed by atoms with Crippen molar-refractivity contribution in [1.82, 2.24) is 29.5 Å². The van der Waals surface area contributed by atoms with Crippen molar-refractivity contribution in [2.24, 2.45) is 5.92 Å². The summed E-state index contributed by atoms with van der Waals surface area (Å²) < 4.78 is 7.52. The van der Waals surface area contributed by atoms with Crippen LogP contribution in [-0.2, 0) is 4.74 Å². The predicted molar refractivity (Wildman–Crippen MR) is 113 cm³/mol. The van der Waals surface area contributed by atoms with Crippen molar-refractivity contribution in [2.45, 2.75) is 45.3 Å². The second kappa shape index (κ2) is 6.94. The monoisotopic (exact) mass is 429 g/mol. The molecule has 0 saturated carbocycles. The number of amides is 1. The van der Waals surface area contributed by atoms with Crippen molar-refractivity contribution >= 4 is 40.3 Å². The van der Waals surface area contributed by atoms with Gasteiger partial charge >= 0.3 is 6.09 Å². The molecule has 3 aromatic rings. The molecule has 2 aliphatic heterocycles. The Labute approximate surface area is 179 Å². The van der Waals surface area contributed by atoms with Crippen molar-refractivity contribution in [1.29, 1.82) is 0 Å². The number of nitrogens with zero attached hydrogens (tertiary/aromatic N) is 7. The average Bonchev–Trinajstić information content (AvgIpc) is 3.33. The number of carbonyl (C=O) groups is 1. The maximum atomic E-state index is 12.8. The number of ether oxygens (including phenoxy) is 1. The van der Waals surface area contributed by atoms with E-state index >= 15 is 0 Å². The third-order valence-electron chi connectivity index (χ3n) is 5.74. The van der Waals surface area contributed by atoms with E-state index in [1.807, 2.05) is 36.1 Å². The summed E-state index contributed by atoms with van der Waals surface area (Å²) in [5, 5.41) is 8.91. The van der Waals surface area contributed by atoms with E-state index in [0.29, 0.717) is 28.8 Å². The largest absolute Gasteiger partial charge is 0.444 e. The Balaban J connectivity index is 1.49. The Hall–Kier alpha value is -2.68. The molecule has 5 heterocycles. The van der Waals surface area contributed by atoms with Gasteiger partial charge < -0.3 is 14.5 Å². The summed E-state index contributed by atoms with van der Waals surface area (Å²) in [6, 6.07) is 1.90. The van der Waals surface area contributed by atoms with E-state index in [1.54, 1.807) is 12.5 Å². The normalized spacial score (nSPS) is 22.0. The van der Waals surface area contributed by atoms with Crippen LogP contribution < -0.4 is 4.90 Å². The molecule has 0 radical (unpaired) electrons. The third-order valence-corrected chi connectivity index (χ3v) is 5.95. The third kappa shape index (κ3) is 3.30. The number of likely N-dealkylation sites (tertiary alicyclic amines) is 1. The first-order valence-corrected chi connectivity index (χ1v) is 10.6. The van der Waals surface area contributed by atoms with E-state index in [2.05, 4.69) is 20.1 Å². The highest BCUT2D eigenvalue weighted by Crippen LogP contribution is 2.35. The molecule has 158 valence electrons. The standard InChI is InChI=1S/C20H24ClN7O2/c1-20(2,3)30-19(29)27-6-4-5-12-9-26(10-15(12)27)17-18-25-23-11-28(18)14-7-13(21)8-22-16(14)24-17/h7-8,11-12,15H,4-6,9-10H2,1-3H3. The Kier molecular flexibility index (Phi) is 4.46. The number of halogens is 1. The fraction of sp³-hybridized carbons (Fsp3) is 0.550. The molecule has 2 unspecified atom stereocenters. The molecular formula is C20H24ClN7O2. The van der Waals surface area contributed by atoms with Gasteiger partial charge in [0, 0.05) is 25.8 Å². The van der Waals surface area contributed by atoms with Gasteiger partial charge in [-0.2, -0.15) is 0 Å². The minimum Gasteiger partial charge on any atom is -0.444 e. The fourth-order valence-electron chi connectivity index (χ4n) is 4.51. The van der Waals surface area contributed by atoms with Gasteiger partial charge in [-0.1, -0.05) is 11.6 Å². The van der Waals surface area contributed by atoms with Gasteiger partial charge in [-0.25, -0.2) is 14.8 Å². The molecule has 0 aromatic carbocycles. The molecule has 0 bridgehead atoms. The van der Waals surface area contributed by atoms with E-state index < -0.39 is 5.60 Å². The van der Waals surface area contributed by atoms with Gasteiger partial charge in [-0.15, -0.1) is 10.2 Å². The fourth-order valence-corrected chi connectivity index (χ4v) is 4.66. The van der Waals surface area contributed by atoms with Gasteiger partial charge in [-0.05, 0) is 45.6 Å². The Morgan fingerprint density at radius 2 is 2.13 bits per heavy atom. The summed E-state index contributed by atoms with van der Waals surface area (Å²) in [6.07, 6.45) is 5.04. The van der Waals surface area contributed by atoms with Crippen LogP contribution in [0.2, 0.25) is 5.02 Å². The number of pyridine rings is 1. The highest BCUT2D eigenvalue weighted by Gasteiger charge is 2.43. The maximum absolute atomic E-state index is 12.8. The molecule has 30 heavy (non-hydrogen) atoms. The molecule has 3 aromatic heterocycles. The summed E-state index contributed by atoms with van der Waals surface area (Å²) in [6.45, 7) is 7.89. The molecule has 2 saturated heterocycles. The van der Waals surface area contributed by atoms with E-state index in [-0.39, 0.29) is 12.1 Å². The zero-order chi connectivity index (χ0) is 21.0. The molecule has 0 N–H and O–H groups in total. The molecule has 2 fully saturated rings. The van der Waals surface area contributed by atoms with E-state index in [1.165, 1.54) is 0 Å². The average molecular weight is 430 g/mol. The topological polar surface area (TPSA) is 88.8 Å². The van der Waals surface area contributed by atoms with Crippen molar-refractivity contribution in [3.8, 4) is 0 Å². The number of hydrogen-bond acceptors (Lipinski definition) is 7. The van der Waals surface area contributed by atoms with Gasteiger partial charge in [-0.3, -0.25) is 4.40 Å². The molecule has 10 heteroatoms. The molecular weight excluding hydrogens is 406 g/mol. The summed E-state index contributed by atoms with van der Waals surface area (Å²) in [5.41, 5.74) is 1.50. The first-order valence-electron chi connectivity index (χ1n) is 10.2. The van der Waals surface area contributed by atoms with Gasteiger partial charge in [0.2, 0.25) is 5.65 Å². The number of aromatic nitrogens is 5. The minimum atomic E-state index is -0.511. The Morgan fingerprint density at radius 1 is 1.30 bits per heavy atom. The summed E-state index contributed by atoms with van der Waals surface area (Å²) in [4.78, 5) is 26.0. The zero-order valence-corrected chi connectivity index (χ0v) is 18.0. The van der Waals surface area contributed by atoms with Gasteiger partial charge in [0.25, 0.3) is 0 Å². The van der Waals surface area contributed by atoms with Crippen LogP contribution in [-0.4, -0.2) is 66.8 Å². The number of rotatable bonds is 1. The lowest BCUT2D eigenvalue weighted by Crippen LogP contribution is -2.50. The van der Waals surface area contributed by atoms with Gasteiger partial charge in [0.1, 0.15) is 11.9 Å². The molecule has 2 aliphatic rings. The molecule has 1 amide bonds. The van der Waals surface area contributed by atoms with Crippen LogP contribution in [0.5, 0.6) is 0 Å². The first kappa shape index (κ1) is 19.3. The first-order chi connectivity index (χ1) is 14.3. The summed E-state index contributed by atoms with van der Waals surface area (Å²) in [5.74, 6) is 1.10. The SMILES string of the molecule is CC(C)(C)OC(=O)N1CCCC2CN(c3nc4ncc(Cl)cc4n4cnnc34)CC21. The van der Waals surface area contributed by atoms with Gasteiger partial charge in [0.15, 0.2) is 11.5 Å². The summed E-state index contributed by atoms with van der Waals surface area (Å²) in [7, 11) is 0. The smallest absolute Gasteiger partial charge is 0.410 e. The van der Waals surface area contributed by atoms with Gasteiger partial charge in [0.05, 0.1) is 16.6 Å². The second-order valence-electron chi connectivity index (χ2n) is 9.00. The molecule has 0 spiro atoms. The lowest BCUT2D eigenvalue weighted by molar-refractivity contribution is 0.00669. The number of hydrogen-bond donors (Lipinski definition) is 0. The highest BCUT2D eigenvalue weighted by molar-refractivity contribution is 6.31. The Bertz CT molecular complexity index is 1130. The Morgan fingerprint density at radius 3 is 2.93 bits per heavy atom. The molecule has 0 aliphatic carbocycles. The van der Waals surface area contributed by atoms with E-state index in [0.717, 1.165) is 37.3 Å². The maximum Gasteiger partial charge on any atom is 0.410 e. The second-order valence-corrected chi connectivity index (χ2v) is 9.44. The van der Waals surface area contributed by atoms with Crippen molar-refractivity contribution < 1.29 is 9.53 Å². The van der Waals surface area contributed by atoms with Crippen LogP contribution in [0.15, 0.2) is 18.6 Å². The lowest BCUT2D eigenvalue weighted by Gasteiger charge is -2.37. The quantitative estimate of drug-likeness (QED) is 0.587. The molecule has 5 rings (SSSR count). The molecule has 9 nitrogen and oxygen atoms in total. The van der Waals surface area contributed by atoms with Crippen LogP contribution in [0.4, 0.5) is 10.6 Å². The predicted octanol–water partition coefficient (Wildman–Crippen LogP) is 3.16. The van der Waals surface area contributed by atoms with Crippen molar-refractivity contribution in [3.05, 3.63) is 23.6 Å². The zero-order valence-electron chi connectivity index (χ0n) is 17.2. The number of carbonyl (C=O) groups excluding carboxylic acids is 1. The van der Waals surface area contributed by atoms with Crippen LogP contribution in [0, 0.1) is 5.92 Å². The highest BCUT2D eigenvalue weighted by atomic mass is 35.5. The molecule has 2 atom stereocenters. The van der Waals surface area contributed by atoms with Crippen LogP contribution in [0.25, 0.3) is 16.8 Å². The summed E-state index contributed by atoms with van der Waals surface area (Å²) >= 11 is 6.12. The number of fused-ring (bicyclic) bond motifs is 4. The lowest BCUT2D eigenvalue weighted by atomic mass is 9.92. The van der Waals surface area contributed by atoms with E-state index in [9.17, 15) is 4.79 Å². The van der Waals surface area contributed by atoms with Crippen LogP contribution in [0.1, 0.15) is 33.6 Å². The van der Waals surface area contributed by atoms with E-state index in [4.69, 9.17) is 21.3 Å².